The van der Waals surface area contributed by atoms with Crippen LogP contribution in [0, 0.1) is 5.92 Å². The molecule has 0 heterocycles. The second kappa shape index (κ2) is 11.3. The Bertz CT molecular complexity index is 806. The van der Waals surface area contributed by atoms with Gasteiger partial charge in [-0.25, -0.2) is 0 Å². The molecule has 0 radical (unpaired) electrons. The Morgan fingerprint density at radius 2 is 1.75 bits per heavy atom. The first kappa shape index (κ1) is 22.5. The topological polar surface area (TPSA) is 65.5 Å². The summed E-state index contributed by atoms with van der Waals surface area (Å²) >= 11 is 5.91. The third-order valence-electron chi connectivity index (χ3n) is 4.73. The van der Waals surface area contributed by atoms with E-state index in [0.29, 0.717) is 19.0 Å². The molecule has 0 saturated heterocycles. The van der Waals surface area contributed by atoms with E-state index < -0.39 is 0 Å². The lowest BCUT2D eigenvalue weighted by Gasteiger charge is -2.24. The largest absolute Gasteiger partial charge is 0.352 e. The van der Waals surface area contributed by atoms with Crippen molar-refractivity contribution in [3.05, 3.63) is 64.7 Å². The fourth-order valence-corrected chi connectivity index (χ4v) is 2.99. The van der Waals surface area contributed by atoms with Crippen LogP contribution in [-0.2, 0) is 17.9 Å². The average Bonchev–Trinajstić information content (AvgIpc) is 2.62. The average molecular weight is 513 g/mol. The van der Waals surface area contributed by atoms with Crippen molar-refractivity contribution in [3.63, 3.8) is 0 Å². The van der Waals surface area contributed by atoms with Crippen molar-refractivity contribution < 1.29 is 4.79 Å². The summed E-state index contributed by atoms with van der Waals surface area (Å²) in [5, 5.41) is 10.3. The van der Waals surface area contributed by atoms with Gasteiger partial charge >= 0.3 is 0 Å². The quantitative estimate of drug-likeness (QED) is 0.302. The number of nitrogens with one attached hydrogen (secondary N) is 3. The Labute approximate surface area is 188 Å². The Morgan fingerprint density at radius 3 is 2.36 bits per heavy atom. The van der Waals surface area contributed by atoms with Crippen LogP contribution < -0.4 is 16.0 Å². The van der Waals surface area contributed by atoms with E-state index in [1.54, 1.807) is 7.05 Å². The molecule has 3 rings (SSSR count). The minimum Gasteiger partial charge on any atom is -0.352 e. The van der Waals surface area contributed by atoms with Crippen LogP contribution in [0.3, 0.4) is 0 Å². The van der Waals surface area contributed by atoms with E-state index in [-0.39, 0.29) is 35.8 Å². The summed E-state index contributed by atoms with van der Waals surface area (Å²) < 4.78 is 0. The van der Waals surface area contributed by atoms with Crippen LogP contribution in [-0.4, -0.2) is 18.9 Å². The van der Waals surface area contributed by atoms with Crippen LogP contribution in [0.15, 0.2) is 53.5 Å². The minimum absolute atomic E-state index is 0. The van der Waals surface area contributed by atoms with Gasteiger partial charge in [-0.15, -0.1) is 24.0 Å². The maximum absolute atomic E-state index is 12.1. The highest BCUT2D eigenvalue weighted by Gasteiger charge is 2.25. The first-order valence-electron chi connectivity index (χ1n) is 9.23. The number of aliphatic imine (C=N–C) groups is 1. The lowest BCUT2D eigenvalue weighted by molar-refractivity contribution is -0.122. The lowest BCUT2D eigenvalue weighted by Crippen LogP contribution is -2.36. The van der Waals surface area contributed by atoms with Gasteiger partial charge in [-0.1, -0.05) is 42.3 Å². The molecule has 5 nitrogen and oxygen atoms in total. The van der Waals surface area contributed by atoms with Gasteiger partial charge in [0, 0.05) is 36.8 Å². The summed E-state index contributed by atoms with van der Waals surface area (Å²) in [5.41, 5.74) is 3.05. The van der Waals surface area contributed by atoms with E-state index in [1.807, 2.05) is 48.5 Å². The Morgan fingerprint density at radius 1 is 1.07 bits per heavy atom. The molecule has 2 aromatic rings. The van der Waals surface area contributed by atoms with Crippen molar-refractivity contribution in [3.8, 4) is 0 Å². The first-order valence-corrected chi connectivity index (χ1v) is 9.60. The molecule has 1 amide bonds. The van der Waals surface area contributed by atoms with Crippen LogP contribution in [0.1, 0.15) is 30.4 Å². The highest BCUT2D eigenvalue weighted by Crippen LogP contribution is 2.27. The van der Waals surface area contributed by atoms with Crippen molar-refractivity contribution in [2.75, 3.05) is 12.4 Å². The monoisotopic (exact) mass is 512 g/mol. The Balaban J connectivity index is 0.00000280. The predicted molar refractivity (Wildman–Crippen MR) is 126 cm³/mol. The normalized spacial score (nSPS) is 13.9. The van der Waals surface area contributed by atoms with E-state index in [1.165, 1.54) is 0 Å². The van der Waals surface area contributed by atoms with Crippen LogP contribution >= 0.6 is 35.6 Å². The van der Waals surface area contributed by atoms with Crippen LogP contribution in [0.2, 0.25) is 5.02 Å². The summed E-state index contributed by atoms with van der Waals surface area (Å²) in [6, 6.07) is 15.6. The van der Waals surface area contributed by atoms with Gasteiger partial charge in [-0.05, 0) is 48.2 Å². The van der Waals surface area contributed by atoms with E-state index in [4.69, 9.17) is 11.6 Å². The number of amides is 1. The maximum atomic E-state index is 12.1. The third kappa shape index (κ3) is 6.67. The number of hydrogen-bond donors (Lipinski definition) is 3. The number of rotatable bonds is 6. The molecule has 0 aromatic heterocycles. The molecule has 150 valence electrons. The molecule has 1 fully saturated rings. The van der Waals surface area contributed by atoms with Gasteiger partial charge in [0.05, 0.1) is 0 Å². The summed E-state index contributed by atoms with van der Waals surface area (Å²) in [6.45, 7) is 1.28. The van der Waals surface area contributed by atoms with E-state index >= 15 is 0 Å². The number of carbonyl (C=O) groups excluding carboxylic acids is 1. The summed E-state index contributed by atoms with van der Waals surface area (Å²) in [4.78, 5) is 16.3. The van der Waals surface area contributed by atoms with Gasteiger partial charge in [0.2, 0.25) is 5.91 Å². The fourth-order valence-electron chi connectivity index (χ4n) is 2.87. The molecule has 28 heavy (non-hydrogen) atoms. The second-order valence-corrected chi connectivity index (χ2v) is 7.16. The van der Waals surface area contributed by atoms with Gasteiger partial charge < -0.3 is 16.0 Å². The van der Waals surface area contributed by atoms with Gasteiger partial charge in [0.1, 0.15) is 0 Å². The molecule has 1 aliphatic carbocycles. The minimum atomic E-state index is 0. The molecule has 0 spiro atoms. The van der Waals surface area contributed by atoms with E-state index in [9.17, 15) is 4.79 Å². The number of carbonyl (C=O) groups is 1. The van der Waals surface area contributed by atoms with Crippen LogP contribution in [0.5, 0.6) is 0 Å². The summed E-state index contributed by atoms with van der Waals surface area (Å²) in [7, 11) is 1.74. The zero-order chi connectivity index (χ0) is 19.1. The standard InChI is InChI=1S/C21H25ClN4O.HI/c1-23-21(24-13-15-8-10-18(22)11-9-15)25-14-16-4-2-7-19(12-16)26-20(27)17-5-3-6-17;/h2,4,7-12,17H,3,5-6,13-14H2,1H3,(H,26,27)(H2,23,24,25);1H. The third-order valence-corrected chi connectivity index (χ3v) is 4.98. The molecule has 0 aliphatic heterocycles. The Hall–Kier alpha value is -1.80. The highest BCUT2D eigenvalue weighted by molar-refractivity contribution is 14.0. The number of anilines is 1. The molecule has 7 heteroatoms. The van der Waals surface area contributed by atoms with Crippen LogP contribution in [0.25, 0.3) is 0 Å². The van der Waals surface area contributed by atoms with Gasteiger partial charge in [-0.2, -0.15) is 0 Å². The van der Waals surface area contributed by atoms with Gasteiger partial charge in [0.25, 0.3) is 0 Å². The van der Waals surface area contributed by atoms with Crippen molar-refractivity contribution >= 4 is 53.1 Å². The van der Waals surface area contributed by atoms with Crippen molar-refractivity contribution in [1.82, 2.24) is 10.6 Å². The van der Waals surface area contributed by atoms with Crippen LogP contribution in [0.4, 0.5) is 5.69 Å². The molecule has 2 aromatic carbocycles. The second-order valence-electron chi connectivity index (χ2n) is 6.72. The molecule has 0 unspecified atom stereocenters. The molecule has 3 N–H and O–H groups in total. The van der Waals surface area contributed by atoms with Crippen molar-refractivity contribution in [1.29, 1.82) is 0 Å². The lowest BCUT2D eigenvalue weighted by atomic mass is 9.85. The molecule has 1 aliphatic rings. The van der Waals surface area contributed by atoms with Gasteiger partial charge in [0.15, 0.2) is 5.96 Å². The van der Waals surface area contributed by atoms with Crippen molar-refractivity contribution in [2.45, 2.75) is 32.4 Å². The van der Waals surface area contributed by atoms with E-state index in [0.717, 1.165) is 41.1 Å². The summed E-state index contributed by atoms with van der Waals surface area (Å²) in [5.74, 6) is 1.03. The molecular weight excluding hydrogens is 487 g/mol. The zero-order valence-electron chi connectivity index (χ0n) is 15.9. The number of nitrogens with zero attached hydrogens (tertiary/aromatic N) is 1. The SMILES string of the molecule is CN=C(NCc1ccc(Cl)cc1)NCc1cccc(NC(=O)C2CCC2)c1.I. The maximum Gasteiger partial charge on any atom is 0.227 e. The number of guanidine groups is 1. The molecule has 0 bridgehead atoms. The highest BCUT2D eigenvalue weighted by atomic mass is 127. The Kier molecular flexibility index (Phi) is 9.05. The smallest absolute Gasteiger partial charge is 0.227 e. The molecule has 0 atom stereocenters. The van der Waals surface area contributed by atoms with E-state index in [2.05, 4.69) is 20.9 Å². The zero-order valence-corrected chi connectivity index (χ0v) is 19.0. The van der Waals surface area contributed by atoms with Crippen molar-refractivity contribution in [2.24, 2.45) is 10.9 Å². The number of benzene rings is 2. The fraction of sp³-hybridized carbons (Fsp3) is 0.333. The number of hydrogen-bond acceptors (Lipinski definition) is 2. The molecule has 1 saturated carbocycles. The first-order chi connectivity index (χ1) is 13.1. The number of halogens is 2. The van der Waals surface area contributed by atoms with Gasteiger partial charge in [-0.3, -0.25) is 9.79 Å². The summed E-state index contributed by atoms with van der Waals surface area (Å²) in [6.07, 6.45) is 3.16. The molecular formula is C21H26ClIN4O. The predicted octanol–water partition coefficient (Wildman–Crippen LogP) is 4.56.